The van der Waals surface area contributed by atoms with Gasteiger partial charge in [-0.1, -0.05) is 58.7 Å². The molecule has 2 aliphatic rings. The first kappa shape index (κ1) is 23.4. The lowest BCUT2D eigenvalue weighted by Gasteiger charge is -2.32. The van der Waals surface area contributed by atoms with E-state index in [1.54, 1.807) is 66.4 Å². The summed E-state index contributed by atoms with van der Waals surface area (Å²) in [7, 11) is 0. The molecule has 0 saturated heterocycles. The molecule has 192 valence electrons. The Hall–Kier alpha value is -4.69. The first-order chi connectivity index (χ1) is 18.8. The molecule has 4 heterocycles. The van der Waals surface area contributed by atoms with Crippen LogP contribution in [0.4, 0.5) is 11.5 Å². The monoisotopic (exact) mass is 537 g/mol. The number of carbonyl (C=O) groups excluding carboxylic acids is 2. The number of hydrogen-bond donors (Lipinski definition) is 0. The summed E-state index contributed by atoms with van der Waals surface area (Å²) in [6.45, 7) is 3.75. The number of amides is 2. The summed E-state index contributed by atoms with van der Waals surface area (Å²) in [5.41, 5.74) is 0.696. The molecule has 5 aromatic rings. The number of nitrogens with zero attached hydrogens (tertiary/aromatic N) is 3. The van der Waals surface area contributed by atoms with Crippen LogP contribution in [-0.2, 0) is 16.9 Å². The number of hydrogen-bond acceptors (Lipinski definition) is 6. The number of rotatable bonds is 3. The Balaban J connectivity index is 1.56. The second-order valence-corrected chi connectivity index (χ2v) is 10.3. The highest BCUT2D eigenvalue weighted by atomic mass is 35.5. The van der Waals surface area contributed by atoms with E-state index in [4.69, 9.17) is 20.5 Å². The lowest BCUT2D eigenvalue weighted by atomic mass is 9.84. The van der Waals surface area contributed by atoms with E-state index in [2.05, 4.69) is 5.16 Å². The van der Waals surface area contributed by atoms with Gasteiger partial charge in [-0.2, -0.15) is 0 Å². The fourth-order valence-electron chi connectivity index (χ4n) is 5.71. The maximum atomic E-state index is 14.8. The van der Waals surface area contributed by atoms with E-state index in [9.17, 15) is 14.4 Å². The van der Waals surface area contributed by atoms with Crippen LogP contribution in [0.3, 0.4) is 0 Å². The first-order valence-corrected chi connectivity index (χ1v) is 12.7. The number of carbonyl (C=O) groups is 2. The molecule has 1 unspecified atom stereocenters. The van der Waals surface area contributed by atoms with Gasteiger partial charge < -0.3 is 13.8 Å². The molecule has 0 bridgehead atoms. The molecule has 0 saturated carbocycles. The molecule has 2 amide bonds. The summed E-state index contributed by atoms with van der Waals surface area (Å²) >= 11 is 6.09. The molecular formula is C30H20ClN3O5. The lowest BCUT2D eigenvalue weighted by molar-refractivity contribution is -0.121. The lowest BCUT2D eigenvalue weighted by Crippen LogP contribution is -2.53. The van der Waals surface area contributed by atoms with Crippen molar-refractivity contribution in [3.63, 3.8) is 0 Å². The summed E-state index contributed by atoms with van der Waals surface area (Å²) in [5.74, 6) is -0.741. The van der Waals surface area contributed by atoms with Crippen LogP contribution in [0.25, 0.3) is 11.0 Å². The zero-order valence-electron chi connectivity index (χ0n) is 20.9. The highest BCUT2D eigenvalue weighted by Crippen LogP contribution is 2.54. The van der Waals surface area contributed by atoms with Gasteiger partial charge in [0.25, 0.3) is 11.8 Å². The Morgan fingerprint density at radius 2 is 1.72 bits per heavy atom. The molecule has 2 aliphatic heterocycles. The van der Waals surface area contributed by atoms with Gasteiger partial charge in [-0.3, -0.25) is 19.3 Å². The van der Waals surface area contributed by atoms with E-state index < -0.39 is 22.8 Å². The van der Waals surface area contributed by atoms with Crippen LogP contribution in [0.2, 0.25) is 5.02 Å². The van der Waals surface area contributed by atoms with Crippen molar-refractivity contribution in [1.29, 1.82) is 0 Å². The van der Waals surface area contributed by atoms with E-state index in [1.807, 2.05) is 25.1 Å². The number of para-hydroxylation sites is 1. The molecule has 0 aliphatic carbocycles. The van der Waals surface area contributed by atoms with Gasteiger partial charge in [0.05, 0.1) is 23.2 Å². The SMILES string of the molecule is Cc1ccc2oc3c(c(=O)c2c1)C1(C(=O)N(Cc2ccc(Cl)cc2)c2ccccc21)N(c1cc(C)on1)C3=O. The van der Waals surface area contributed by atoms with Crippen molar-refractivity contribution < 1.29 is 18.5 Å². The predicted molar refractivity (Wildman–Crippen MR) is 145 cm³/mol. The van der Waals surface area contributed by atoms with Crippen molar-refractivity contribution >= 4 is 45.9 Å². The van der Waals surface area contributed by atoms with Gasteiger partial charge in [0.1, 0.15) is 11.3 Å². The maximum absolute atomic E-state index is 14.8. The van der Waals surface area contributed by atoms with Gasteiger partial charge in [0, 0.05) is 16.7 Å². The Kier molecular flexibility index (Phi) is 4.90. The van der Waals surface area contributed by atoms with E-state index in [0.717, 1.165) is 11.1 Å². The predicted octanol–water partition coefficient (Wildman–Crippen LogP) is 5.50. The van der Waals surface area contributed by atoms with Crippen LogP contribution in [0.5, 0.6) is 0 Å². The Labute approximate surface area is 227 Å². The molecule has 3 aromatic carbocycles. The van der Waals surface area contributed by atoms with Crippen LogP contribution in [0, 0.1) is 13.8 Å². The van der Waals surface area contributed by atoms with Crippen molar-refractivity contribution in [2.75, 3.05) is 9.80 Å². The summed E-state index contributed by atoms with van der Waals surface area (Å²) in [5, 5.41) is 4.96. The summed E-state index contributed by atoms with van der Waals surface area (Å²) in [6, 6.07) is 21.1. The third-order valence-electron chi connectivity index (χ3n) is 7.38. The third-order valence-corrected chi connectivity index (χ3v) is 7.63. The zero-order chi connectivity index (χ0) is 27.1. The van der Waals surface area contributed by atoms with Gasteiger partial charge in [-0.05, 0) is 49.7 Å². The molecule has 0 N–H and O–H groups in total. The maximum Gasteiger partial charge on any atom is 0.297 e. The topological polar surface area (TPSA) is 96.9 Å². The zero-order valence-corrected chi connectivity index (χ0v) is 21.7. The van der Waals surface area contributed by atoms with Gasteiger partial charge in [-0.15, -0.1) is 0 Å². The molecule has 9 heteroatoms. The molecule has 0 fully saturated rings. The normalized spacial score (nSPS) is 17.9. The summed E-state index contributed by atoms with van der Waals surface area (Å²) < 4.78 is 11.4. The third kappa shape index (κ3) is 3.12. The quantitative estimate of drug-likeness (QED) is 0.301. The fourth-order valence-corrected chi connectivity index (χ4v) is 5.84. The highest BCUT2D eigenvalue weighted by Gasteiger charge is 2.66. The molecular weight excluding hydrogens is 518 g/mol. The van der Waals surface area contributed by atoms with Crippen LogP contribution >= 0.6 is 11.6 Å². The van der Waals surface area contributed by atoms with E-state index >= 15 is 0 Å². The highest BCUT2D eigenvalue weighted by molar-refractivity contribution is 6.30. The van der Waals surface area contributed by atoms with E-state index in [1.165, 1.54) is 4.90 Å². The minimum Gasteiger partial charge on any atom is -0.450 e. The van der Waals surface area contributed by atoms with Crippen LogP contribution < -0.4 is 15.2 Å². The molecule has 7 rings (SSSR count). The average molecular weight is 538 g/mol. The summed E-state index contributed by atoms with van der Waals surface area (Å²) in [4.78, 5) is 46.0. The number of aromatic nitrogens is 1. The van der Waals surface area contributed by atoms with Crippen molar-refractivity contribution in [3.8, 4) is 0 Å². The number of benzene rings is 3. The minimum absolute atomic E-state index is 0.0256. The van der Waals surface area contributed by atoms with Crippen molar-refractivity contribution in [1.82, 2.24) is 5.16 Å². The van der Waals surface area contributed by atoms with E-state index in [0.29, 0.717) is 27.4 Å². The smallest absolute Gasteiger partial charge is 0.297 e. The Morgan fingerprint density at radius 1 is 0.949 bits per heavy atom. The average Bonchev–Trinajstić information content (AvgIpc) is 3.54. The Morgan fingerprint density at radius 3 is 2.46 bits per heavy atom. The van der Waals surface area contributed by atoms with Gasteiger partial charge in [0.15, 0.2) is 16.8 Å². The second-order valence-electron chi connectivity index (χ2n) is 9.82. The van der Waals surface area contributed by atoms with Crippen molar-refractivity contribution in [2.45, 2.75) is 25.9 Å². The van der Waals surface area contributed by atoms with E-state index in [-0.39, 0.29) is 29.3 Å². The second kappa shape index (κ2) is 8.15. The van der Waals surface area contributed by atoms with Gasteiger partial charge in [0.2, 0.25) is 5.76 Å². The molecule has 8 nitrogen and oxygen atoms in total. The number of halogens is 1. The number of anilines is 2. The Bertz CT molecular complexity index is 1910. The van der Waals surface area contributed by atoms with Crippen molar-refractivity contribution in [2.24, 2.45) is 0 Å². The minimum atomic E-state index is -1.84. The molecule has 1 spiro atoms. The molecule has 39 heavy (non-hydrogen) atoms. The fraction of sp³-hybridized carbons (Fsp3) is 0.133. The van der Waals surface area contributed by atoms with Crippen LogP contribution in [-0.4, -0.2) is 17.0 Å². The standard InChI is InChI=1S/C30H20ClN3O5/c1-16-7-12-23-20(13-16)26(35)25-27(38-23)28(36)34(24-14-17(2)39-32-24)30(25)21-5-3-4-6-22(21)33(29(30)37)15-18-8-10-19(31)11-9-18/h3-14H,15H2,1-2H3. The number of fused-ring (bicyclic) bond motifs is 5. The largest absolute Gasteiger partial charge is 0.450 e. The van der Waals surface area contributed by atoms with Gasteiger partial charge >= 0.3 is 0 Å². The van der Waals surface area contributed by atoms with Gasteiger partial charge in [-0.25, -0.2) is 0 Å². The number of aryl methyl sites for hydroxylation is 2. The summed E-state index contributed by atoms with van der Waals surface area (Å²) in [6.07, 6.45) is 0. The van der Waals surface area contributed by atoms with Crippen LogP contribution in [0.15, 0.2) is 86.5 Å². The van der Waals surface area contributed by atoms with Crippen LogP contribution in [0.1, 0.15) is 38.6 Å². The molecule has 0 radical (unpaired) electrons. The first-order valence-electron chi connectivity index (χ1n) is 12.3. The molecule has 2 aromatic heterocycles. The van der Waals surface area contributed by atoms with Crippen molar-refractivity contribution in [3.05, 3.63) is 122 Å². The molecule has 1 atom stereocenters.